The summed E-state index contributed by atoms with van der Waals surface area (Å²) in [7, 11) is -3.56. The Hall–Kier alpha value is -3.65. The van der Waals surface area contributed by atoms with Crippen LogP contribution in [0.1, 0.15) is 55.9 Å². The molecule has 8 heteroatoms. The maximum Gasteiger partial charge on any atom is 0.243 e. The van der Waals surface area contributed by atoms with Crippen molar-refractivity contribution in [1.82, 2.24) is 10.2 Å². The van der Waals surface area contributed by atoms with E-state index in [4.69, 9.17) is 0 Å². The van der Waals surface area contributed by atoms with Crippen LogP contribution in [-0.4, -0.2) is 49.5 Å². The van der Waals surface area contributed by atoms with Crippen molar-refractivity contribution in [3.63, 3.8) is 0 Å². The number of para-hydroxylation sites is 1. The lowest BCUT2D eigenvalue weighted by Gasteiger charge is -2.34. The van der Waals surface area contributed by atoms with E-state index < -0.39 is 21.6 Å². The Labute approximate surface area is 245 Å². The predicted molar refractivity (Wildman–Crippen MR) is 166 cm³/mol. The zero-order valence-electron chi connectivity index (χ0n) is 25.1. The highest BCUT2D eigenvalue weighted by atomic mass is 32.2. The molecule has 0 bridgehead atoms. The van der Waals surface area contributed by atoms with E-state index >= 15 is 0 Å². The molecule has 7 nitrogen and oxygen atoms in total. The van der Waals surface area contributed by atoms with Crippen LogP contribution in [0.4, 0.5) is 5.69 Å². The van der Waals surface area contributed by atoms with Gasteiger partial charge in [-0.25, -0.2) is 8.42 Å². The molecule has 1 unspecified atom stereocenters. The summed E-state index contributed by atoms with van der Waals surface area (Å²) in [6.07, 6.45) is 1.94. The summed E-state index contributed by atoms with van der Waals surface area (Å²) in [6, 6.07) is 24.2. The SMILES string of the molecule is Cc1ccc(CN(C(=O)CCCN(c2ccccc2C)S(C)(=O)=O)C(Cc2ccccc2)C(=O)NC(C)(C)C)cc1. The van der Waals surface area contributed by atoms with E-state index in [0.29, 0.717) is 18.5 Å². The summed E-state index contributed by atoms with van der Waals surface area (Å²) < 4.78 is 26.7. The molecule has 3 aromatic rings. The number of benzene rings is 3. The second-order valence-electron chi connectivity index (χ2n) is 11.7. The monoisotopic (exact) mass is 577 g/mol. The van der Waals surface area contributed by atoms with Gasteiger partial charge >= 0.3 is 0 Å². The van der Waals surface area contributed by atoms with Crippen molar-refractivity contribution < 1.29 is 18.0 Å². The second kappa shape index (κ2) is 13.8. The molecule has 0 saturated heterocycles. The third-order valence-electron chi connectivity index (χ3n) is 6.78. The van der Waals surface area contributed by atoms with Crippen LogP contribution in [0.25, 0.3) is 0 Å². The van der Waals surface area contributed by atoms with Crippen molar-refractivity contribution in [2.45, 2.75) is 72.0 Å². The average Bonchev–Trinajstić information content (AvgIpc) is 2.89. The molecule has 1 atom stereocenters. The van der Waals surface area contributed by atoms with Crippen LogP contribution in [0.15, 0.2) is 78.9 Å². The molecule has 0 fully saturated rings. The van der Waals surface area contributed by atoms with E-state index in [-0.39, 0.29) is 31.3 Å². The summed E-state index contributed by atoms with van der Waals surface area (Å²) in [5.41, 5.74) is 3.94. The number of aryl methyl sites for hydroxylation is 2. The Morgan fingerprint density at radius 1 is 0.854 bits per heavy atom. The standard InChI is InChI=1S/C33H43N3O4S/c1-25-18-20-28(21-19-25)24-35(30(32(38)34-33(3,4)5)23-27-14-8-7-9-15-27)31(37)17-12-22-36(41(6,39)40)29-16-11-10-13-26(29)2/h7-11,13-16,18-21,30H,12,17,22-24H2,1-6H3,(H,34,38). The van der Waals surface area contributed by atoms with Crippen molar-refractivity contribution in [2.75, 3.05) is 17.1 Å². The topological polar surface area (TPSA) is 86.8 Å². The zero-order chi connectivity index (χ0) is 30.2. The molecule has 0 aliphatic carbocycles. The third-order valence-corrected chi connectivity index (χ3v) is 7.96. The molecule has 1 N–H and O–H groups in total. The highest BCUT2D eigenvalue weighted by molar-refractivity contribution is 7.92. The maximum atomic E-state index is 13.9. The smallest absolute Gasteiger partial charge is 0.243 e. The first kappa shape index (κ1) is 31.9. The van der Waals surface area contributed by atoms with Crippen LogP contribution in [0.3, 0.4) is 0 Å². The van der Waals surface area contributed by atoms with Gasteiger partial charge in [0.2, 0.25) is 21.8 Å². The third kappa shape index (κ3) is 9.74. The largest absolute Gasteiger partial charge is 0.350 e. The fraction of sp³-hybridized carbons (Fsp3) is 0.394. The number of hydrogen-bond acceptors (Lipinski definition) is 4. The lowest BCUT2D eigenvalue weighted by atomic mass is 10.00. The molecule has 0 heterocycles. The number of sulfonamides is 1. The van der Waals surface area contributed by atoms with Gasteiger partial charge in [-0.1, -0.05) is 78.4 Å². The maximum absolute atomic E-state index is 13.9. The molecule has 2 amide bonds. The van der Waals surface area contributed by atoms with Gasteiger partial charge in [0.1, 0.15) is 6.04 Å². The molecule has 0 aliphatic heterocycles. The normalized spacial score (nSPS) is 12.4. The molecule has 0 radical (unpaired) electrons. The zero-order valence-corrected chi connectivity index (χ0v) is 25.9. The molecule has 41 heavy (non-hydrogen) atoms. The van der Waals surface area contributed by atoms with Crippen LogP contribution in [-0.2, 0) is 32.6 Å². The number of rotatable bonds is 12. The minimum atomic E-state index is -3.56. The van der Waals surface area contributed by atoms with Crippen LogP contribution in [0.5, 0.6) is 0 Å². The summed E-state index contributed by atoms with van der Waals surface area (Å²) in [6.45, 7) is 10.0. The quantitative estimate of drug-likeness (QED) is 0.312. The molecule has 0 saturated carbocycles. The van der Waals surface area contributed by atoms with Crippen LogP contribution >= 0.6 is 0 Å². The summed E-state index contributed by atoms with van der Waals surface area (Å²) in [5, 5.41) is 3.07. The first-order chi connectivity index (χ1) is 19.2. The van der Waals surface area contributed by atoms with Crippen LogP contribution < -0.4 is 9.62 Å². The molecule has 3 aromatic carbocycles. The first-order valence-corrected chi connectivity index (χ1v) is 15.8. The van der Waals surface area contributed by atoms with Crippen LogP contribution in [0.2, 0.25) is 0 Å². The van der Waals surface area contributed by atoms with E-state index in [9.17, 15) is 18.0 Å². The van der Waals surface area contributed by atoms with Crippen molar-refractivity contribution in [3.8, 4) is 0 Å². The Kier molecular flexibility index (Phi) is 10.7. The molecule has 0 aromatic heterocycles. The number of nitrogens with zero attached hydrogens (tertiary/aromatic N) is 2. The van der Waals surface area contributed by atoms with Gasteiger partial charge in [-0.15, -0.1) is 0 Å². The van der Waals surface area contributed by atoms with Crippen LogP contribution in [0, 0.1) is 13.8 Å². The number of carbonyl (C=O) groups excluding carboxylic acids is 2. The van der Waals surface area contributed by atoms with Gasteiger partial charge in [-0.05, 0) is 63.8 Å². The van der Waals surface area contributed by atoms with Gasteiger partial charge in [-0.2, -0.15) is 0 Å². The molecule has 3 rings (SSSR count). The number of hydrogen-bond donors (Lipinski definition) is 1. The van der Waals surface area contributed by atoms with E-state index in [2.05, 4.69) is 5.32 Å². The van der Waals surface area contributed by atoms with Gasteiger partial charge in [0.05, 0.1) is 11.9 Å². The van der Waals surface area contributed by atoms with Crippen molar-refractivity contribution >= 4 is 27.5 Å². The summed E-state index contributed by atoms with van der Waals surface area (Å²) in [5.74, 6) is -0.423. The Morgan fingerprint density at radius 2 is 1.46 bits per heavy atom. The highest BCUT2D eigenvalue weighted by Crippen LogP contribution is 2.23. The second-order valence-corrected chi connectivity index (χ2v) is 13.6. The average molecular weight is 578 g/mol. The van der Waals surface area contributed by atoms with Gasteiger partial charge in [-0.3, -0.25) is 13.9 Å². The number of nitrogens with one attached hydrogen (secondary N) is 1. The molecular formula is C33H43N3O4S. The predicted octanol–water partition coefficient (Wildman–Crippen LogP) is 5.40. The van der Waals surface area contributed by atoms with E-state index in [1.54, 1.807) is 17.0 Å². The van der Waals surface area contributed by atoms with Crippen molar-refractivity contribution in [1.29, 1.82) is 0 Å². The lowest BCUT2D eigenvalue weighted by Crippen LogP contribution is -2.54. The highest BCUT2D eigenvalue weighted by Gasteiger charge is 2.32. The lowest BCUT2D eigenvalue weighted by molar-refractivity contribution is -0.142. The molecule has 0 spiro atoms. The van der Waals surface area contributed by atoms with E-state index in [1.807, 2.05) is 101 Å². The number of anilines is 1. The fourth-order valence-corrected chi connectivity index (χ4v) is 5.75. The minimum Gasteiger partial charge on any atom is -0.350 e. The summed E-state index contributed by atoms with van der Waals surface area (Å²) >= 11 is 0. The van der Waals surface area contributed by atoms with Gasteiger partial charge in [0.25, 0.3) is 0 Å². The van der Waals surface area contributed by atoms with Gasteiger partial charge < -0.3 is 10.2 Å². The Bertz CT molecular complexity index is 1410. The number of carbonyl (C=O) groups is 2. The van der Waals surface area contributed by atoms with Crippen molar-refractivity contribution in [2.24, 2.45) is 0 Å². The van der Waals surface area contributed by atoms with Crippen molar-refractivity contribution in [3.05, 3.63) is 101 Å². The fourth-order valence-electron chi connectivity index (χ4n) is 4.72. The number of amides is 2. The first-order valence-electron chi connectivity index (χ1n) is 14.0. The molecular weight excluding hydrogens is 534 g/mol. The van der Waals surface area contributed by atoms with E-state index in [1.165, 1.54) is 10.6 Å². The summed E-state index contributed by atoms with van der Waals surface area (Å²) in [4.78, 5) is 29.3. The molecule has 0 aliphatic rings. The Balaban J connectivity index is 1.90. The van der Waals surface area contributed by atoms with Gasteiger partial charge in [0.15, 0.2) is 0 Å². The van der Waals surface area contributed by atoms with E-state index in [0.717, 1.165) is 22.3 Å². The minimum absolute atomic E-state index is 0.0951. The molecule has 220 valence electrons. The van der Waals surface area contributed by atoms with Gasteiger partial charge in [0, 0.05) is 31.5 Å². The Morgan fingerprint density at radius 3 is 2.05 bits per heavy atom.